The van der Waals surface area contributed by atoms with E-state index >= 15 is 0 Å². The molecule has 1 aromatic heterocycles. The Bertz CT molecular complexity index is 633. The van der Waals surface area contributed by atoms with Gasteiger partial charge in [0.05, 0.1) is 0 Å². The summed E-state index contributed by atoms with van der Waals surface area (Å²) in [6.45, 7) is 5.65. The molecule has 112 valence electrons. The van der Waals surface area contributed by atoms with Gasteiger partial charge < -0.3 is 9.47 Å². The van der Waals surface area contributed by atoms with Crippen LogP contribution in [0.5, 0.6) is 0 Å². The minimum Gasteiger partial charge on any atom is -0.342 e. The Kier molecular flexibility index (Phi) is 5.23. The van der Waals surface area contributed by atoms with Gasteiger partial charge in [0, 0.05) is 30.8 Å². The van der Waals surface area contributed by atoms with E-state index in [4.69, 9.17) is 0 Å². The molecule has 0 unspecified atom stereocenters. The molecule has 0 aliphatic heterocycles. The number of amides is 1. The summed E-state index contributed by atoms with van der Waals surface area (Å²) in [6, 6.07) is 10.2. The molecule has 0 aliphatic rings. The largest absolute Gasteiger partial charge is 0.342 e. The summed E-state index contributed by atoms with van der Waals surface area (Å²) >= 11 is 3.46. The van der Waals surface area contributed by atoms with Gasteiger partial charge in [-0.25, -0.2) is 0 Å². The predicted molar refractivity (Wildman–Crippen MR) is 89.4 cm³/mol. The molecule has 2 aromatic rings. The van der Waals surface area contributed by atoms with Gasteiger partial charge in [0.2, 0.25) is 0 Å². The fourth-order valence-corrected chi connectivity index (χ4v) is 2.90. The lowest BCUT2D eigenvalue weighted by atomic mass is 10.1. The molecule has 0 fully saturated rings. The number of aryl methyl sites for hydroxylation is 2. The SMILES string of the molecule is CCCn1cc(Br)cc1C(=O)N(C)Cc1cccc(C)c1. The summed E-state index contributed by atoms with van der Waals surface area (Å²) in [4.78, 5) is 14.4. The maximum Gasteiger partial charge on any atom is 0.270 e. The van der Waals surface area contributed by atoms with E-state index in [9.17, 15) is 4.79 Å². The zero-order chi connectivity index (χ0) is 15.4. The van der Waals surface area contributed by atoms with Gasteiger partial charge >= 0.3 is 0 Å². The van der Waals surface area contributed by atoms with E-state index in [1.807, 2.05) is 29.9 Å². The summed E-state index contributed by atoms with van der Waals surface area (Å²) in [5.41, 5.74) is 3.10. The number of aromatic nitrogens is 1. The lowest BCUT2D eigenvalue weighted by molar-refractivity contribution is 0.0774. The average Bonchev–Trinajstić information content (AvgIpc) is 2.79. The Labute approximate surface area is 134 Å². The number of nitrogens with zero attached hydrogens (tertiary/aromatic N) is 2. The molecule has 3 nitrogen and oxygen atoms in total. The Morgan fingerprint density at radius 3 is 2.76 bits per heavy atom. The van der Waals surface area contributed by atoms with Crippen LogP contribution in [0.2, 0.25) is 0 Å². The molecule has 0 N–H and O–H groups in total. The first-order valence-corrected chi connectivity index (χ1v) is 7.97. The molecule has 0 bridgehead atoms. The maximum absolute atomic E-state index is 12.6. The Hall–Kier alpha value is -1.55. The second-order valence-corrected chi connectivity index (χ2v) is 6.30. The first-order chi connectivity index (χ1) is 10.0. The quantitative estimate of drug-likeness (QED) is 0.793. The highest BCUT2D eigenvalue weighted by atomic mass is 79.9. The van der Waals surface area contributed by atoms with Crippen molar-refractivity contribution in [1.82, 2.24) is 9.47 Å². The number of hydrogen-bond donors (Lipinski definition) is 0. The summed E-state index contributed by atoms with van der Waals surface area (Å²) < 4.78 is 2.96. The fraction of sp³-hybridized carbons (Fsp3) is 0.353. The van der Waals surface area contributed by atoms with Crippen molar-refractivity contribution in [3.05, 3.63) is 57.8 Å². The van der Waals surface area contributed by atoms with Crippen LogP contribution in [0.4, 0.5) is 0 Å². The predicted octanol–water partition coefficient (Wildman–Crippen LogP) is 4.24. The molecule has 2 rings (SSSR count). The molecule has 21 heavy (non-hydrogen) atoms. The van der Waals surface area contributed by atoms with Gasteiger partial charge in [-0.05, 0) is 40.9 Å². The molecule has 0 aliphatic carbocycles. The first kappa shape index (κ1) is 15.8. The van der Waals surface area contributed by atoms with E-state index in [0.29, 0.717) is 6.54 Å². The van der Waals surface area contributed by atoms with Crippen molar-refractivity contribution in [2.75, 3.05) is 7.05 Å². The van der Waals surface area contributed by atoms with E-state index in [2.05, 4.69) is 48.0 Å². The highest BCUT2D eigenvalue weighted by molar-refractivity contribution is 9.10. The third kappa shape index (κ3) is 3.97. The second kappa shape index (κ2) is 6.94. The molecular formula is C17H21BrN2O. The third-order valence-electron chi connectivity index (χ3n) is 3.40. The van der Waals surface area contributed by atoms with Crippen molar-refractivity contribution in [1.29, 1.82) is 0 Å². The first-order valence-electron chi connectivity index (χ1n) is 7.18. The zero-order valence-electron chi connectivity index (χ0n) is 12.8. The van der Waals surface area contributed by atoms with Gasteiger partial charge in [-0.1, -0.05) is 36.8 Å². The van der Waals surface area contributed by atoms with E-state index in [1.54, 1.807) is 4.90 Å². The molecule has 0 radical (unpaired) electrons. The maximum atomic E-state index is 12.6. The zero-order valence-corrected chi connectivity index (χ0v) is 14.4. The summed E-state index contributed by atoms with van der Waals surface area (Å²) in [5, 5.41) is 0. The molecule has 1 aromatic carbocycles. The van der Waals surface area contributed by atoms with Crippen LogP contribution in [0.1, 0.15) is 35.0 Å². The smallest absolute Gasteiger partial charge is 0.270 e. The van der Waals surface area contributed by atoms with Gasteiger partial charge in [0.1, 0.15) is 5.69 Å². The molecule has 0 spiro atoms. The van der Waals surface area contributed by atoms with Gasteiger partial charge in [-0.15, -0.1) is 0 Å². The van der Waals surface area contributed by atoms with Crippen molar-refractivity contribution in [2.24, 2.45) is 0 Å². The minimum absolute atomic E-state index is 0.0515. The standard InChI is InChI=1S/C17H21BrN2O/c1-4-8-20-12-15(18)10-16(20)17(21)19(3)11-14-7-5-6-13(2)9-14/h5-7,9-10,12H,4,8,11H2,1-3H3. The number of carbonyl (C=O) groups is 1. The molecule has 1 heterocycles. The highest BCUT2D eigenvalue weighted by Gasteiger charge is 2.17. The van der Waals surface area contributed by atoms with E-state index in [1.165, 1.54) is 5.56 Å². The third-order valence-corrected chi connectivity index (χ3v) is 3.83. The normalized spacial score (nSPS) is 10.7. The van der Waals surface area contributed by atoms with Gasteiger partial charge in [-0.3, -0.25) is 4.79 Å². The molecule has 0 saturated heterocycles. The van der Waals surface area contributed by atoms with Crippen LogP contribution in [0.25, 0.3) is 0 Å². The van der Waals surface area contributed by atoms with Crippen molar-refractivity contribution in [3.8, 4) is 0 Å². The number of hydrogen-bond acceptors (Lipinski definition) is 1. The number of carbonyl (C=O) groups excluding carboxylic acids is 1. The van der Waals surface area contributed by atoms with Crippen LogP contribution >= 0.6 is 15.9 Å². The average molecular weight is 349 g/mol. The van der Waals surface area contributed by atoms with Crippen LogP contribution < -0.4 is 0 Å². The summed E-state index contributed by atoms with van der Waals surface area (Å²) in [5.74, 6) is 0.0515. The fourth-order valence-electron chi connectivity index (χ4n) is 2.43. The lowest BCUT2D eigenvalue weighted by Gasteiger charge is -2.18. The molecule has 4 heteroatoms. The molecule has 0 atom stereocenters. The van der Waals surface area contributed by atoms with Crippen molar-refractivity contribution >= 4 is 21.8 Å². The van der Waals surface area contributed by atoms with Crippen LogP contribution in [-0.4, -0.2) is 22.4 Å². The number of rotatable bonds is 5. The minimum atomic E-state index is 0.0515. The van der Waals surface area contributed by atoms with Crippen molar-refractivity contribution in [2.45, 2.75) is 33.4 Å². The lowest BCUT2D eigenvalue weighted by Crippen LogP contribution is -2.28. The monoisotopic (exact) mass is 348 g/mol. The Morgan fingerprint density at radius 1 is 1.33 bits per heavy atom. The topological polar surface area (TPSA) is 25.2 Å². The van der Waals surface area contributed by atoms with Crippen molar-refractivity contribution < 1.29 is 4.79 Å². The van der Waals surface area contributed by atoms with Gasteiger partial charge in [0.25, 0.3) is 5.91 Å². The van der Waals surface area contributed by atoms with Gasteiger partial charge in [-0.2, -0.15) is 0 Å². The number of benzene rings is 1. The van der Waals surface area contributed by atoms with Crippen LogP contribution in [-0.2, 0) is 13.1 Å². The second-order valence-electron chi connectivity index (χ2n) is 5.39. The number of halogens is 1. The highest BCUT2D eigenvalue weighted by Crippen LogP contribution is 2.18. The van der Waals surface area contributed by atoms with Gasteiger partial charge in [0.15, 0.2) is 0 Å². The van der Waals surface area contributed by atoms with Crippen LogP contribution in [0, 0.1) is 6.92 Å². The Morgan fingerprint density at radius 2 is 2.10 bits per heavy atom. The summed E-state index contributed by atoms with van der Waals surface area (Å²) in [6.07, 6.45) is 2.97. The molecule has 1 amide bonds. The summed E-state index contributed by atoms with van der Waals surface area (Å²) in [7, 11) is 1.85. The molecule has 0 saturated carbocycles. The van der Waals surface area contributed by atoms with E-state index in [0.717, 1.165) is 28.7 Å². The van der Waals surface area contributed by atoms with Crippen LogP contribution in [0.15, 0.2) is 41.0 Å². The molecular weight excluding hydrogens is 328 g/mol. The Balaban J connectivity index is 2.15. The van der Waals surface area contributed by atoms with Crippen LogP contribution in [0.3, 0.4) is 0 Å². The van der Waals surface area contributed by atoms with E-state index < -0.39 is 0 Å². The van der Waals surface area contributed by atoms with E-state index in [-0.39, 0.29) is 5.91 Å². The van der Waals surface area contributed by atoms with Crippen molar-refractivity contribution in [3.63, 3.8) is 0 Å².